The number of hydrogen-bond acceptors (Lipinski definition) is 5. The number of furan rings is 1. The van der Waals surface area contributed by atoms with Crippen molar-refractivity contribution in [3.8, 4) is 0 Å². The lowest BCUT2D eigenvalue weighted by Gasteiger charge is -2.31. The van der Waals surface area contributed by atoms with Crippen LogP contribution in [0.5, 0.6) is 0 Å². The Morgan fingerprint density at radius 1 is 1.35 bits per heavy atom. The summed E-state index contributed by atoms with van der Waals surface area (Å²) in [6.45, 7) is 5.35. The number of rotatable bonds is 4. The molecule has 2 aromatic rings. The Hall–Kier alpha value is -1.66. The van der Waals surface area contributed by atoms with E-state index < -0.39 is 0 Å². The van der Waals surface area contributed by atoms with Gasteiger partial charge in [0.1, 0.15) is 24.0 Å². The highest BCUT2D eigenvalue weighted by Gasteiger charge is 2.25. The van der Waals surface area contributed by atoms with Gasteiger partial charge in [0.15, 0.2) is 5.82 Å². The zero-order valence-corrected chi connectivity index (χ0v) is 12.0. The van der Waals surface area contributed by atoms with Crippen molar-refractivity contribution in [2.45, 2.75) is 26.0 Å². The second kappa shape index (κ2) is 5.76. The molecule has 108 valence electrons. The smallest absolute Gasteiger partial charge is 0.163 e. The van der Waals surface area contributed by atoms with Gasteiger partial charge in [0.25, 0.3) is 0 Å². The van der Waals surface area contributed by atoms with Crippen molar-refractivity contribution in [2.24, 2.45) is 7.05 Å². The quantitative estimate of drug-likeness (QED) is 0.848. The lowest BCUT2D eigenvalue weighted by molar-refractivity contribution is -0.0403. The summed E-state index contributed by atoms with van der Waals surface area (Å²) in [5.41, 5.74) is 0. The maximum absolute atomic E-state index is 5.80. The third-order valence-electron chi connectivity index (χ3n) is 3.63. The zero-order valence-electron chi connectivity index (χ0n) is 12.0. The average Bonchev–Trinajstić information content (AvgIpc) is 3.08. The molecule has 0 spiro atoms. The first-order chi connectivity index (χ1) is 9.76. The highest BCUT2D eigenvalue weighted by Crippen LogP contribution is 2.21. The molecular weight excluding hydrogens is 256 g/mol. The summed E-state index contributed by atoms with van der Waals surface area (Å²) < 4.78 is 13.5. The zero-order chi connectivity index (χ0) is 13.9. The second-order valence-electron chi connectivity index (χ2n) is 5.12. The fourth-order valence-electron chi connectivity index (χ4n) is 2.50. The summed E-state index contributed by atoms with van der Waals surface area (Å²) in [6, 6.07) is 4.11. The van der Waals surface area contributed by atoms with E-state index >= 15 is 0 Å². The Balaban J connectivity index is 1.65. The molecule has 20 heavy (non-hydrogen) atoms. The molecule has 3 heterocycles. The number of aryl methyl sites for hydroxylation is 2. The van der Waals surface area contributed by atoms with Crippen LogP contribution in [0.1, 0.15) is 30.4 Å². The van der Waals surface area contributed by atoms with Crippen molar-refractivity contribution in [3.63, 3.8) is 0 Å². The van der Waals surface area contributed by atoms with Gasteiger partial charge >= 0.3 is 0 Å². The van der Waals surface area contributed by atoms with Crippen LogP contribution in [-0.4, -0.2) is 39.4 Å². The third kappa shape index (κ3) is 2.76. The van der Waals surface area contributed by atoms with E-state index in [2.05, 4.69) is 34.2 Å². The van der Waals surface area contributed by atoms with Crippen molar-refractivity contribution < 1.29 is 9.15 Å². The fraction of sp³-hybridized carbons (Fsp3) is 0.571. The van der Waals surface area contributed by atoms with Crippen LogP contribution in [0.25, 0.3) is 0 Å². The molecule has 1 atom stereocenters. The number of hydrogen-bond donors (Lipinski definition) is 0. The maximum atomic E-state index is 5.80. The summed E-state index contributed by atoms with van der Waals surface area (Å²) >= 11 is 0. The van der Waals surface area contributed by atoms with Gasteiger partial charge < -0.3 is 13.7 Å². The largest absolute Gasteiger partial charge is 0.465 e. The minimum atomic E-state index is -0.0168. The van der Waals surface area contributed by atoms with E-state index in [0.717, 1.165) is 43.4 Å². The van der Waals surface area contributed by atoms with Crippen molar-refractivity contribution in [1.29, 1.82) is 0 Å². The summed E-state index contributed by atoms with van der Waals surface area (Å²) in [4.78, 5) is 2.33. The lowest BCUT2D eigenvalue weighted by atomic mass is 10.2. The molecule has 0 bridgehead atoms. The van der Waals surface area contributed by atoms with Gasteiger partial charge in [-0.3, -0.25) is 4.90 Å². The van der Waals surface area contributed by atoms with Crippen LogP contribution in [0.3, 0.4) is 0 Å². The summed E-state index contributed by atoms with van der Waals surface area (Å²) in [7, 11) is 1.94. The normalized spacial score (nSPS) is 20.4. The molecule has 0 radical (unpaired) electrons. The molecule has 2 aromatic heterocycles. The first-order valence-electron chi connectivity index (χ1n) is 7.01. The van der Waals surface area contributed by atoms with Crippen LogP contribution in [0, 0.1) is 0 Å². The number of ether oxygens (including phenoxy) is 1. The molecule has 1 aliphatic rings. The second-order valence-corrected chi connectivity index (χ2v) is 5.12. The highest BCUT2D eigenvalue weighted by atomic mass is 16.5. The van der Waals surface area contributed by atoms with Crippen molar-refractivity contribution in [3.05, 3.63) is 35.8 Å². The van der Waals surface area contributed by atoms with Gasteiger partial charge in [-0.05, 0) is 12.1 Å². The van der Waals surface area contributed by atoms with Gasteiger partial charge in [0, 0.05) is 26.6 Å². The SMILES string of the molecule is CCc1ccc(CN2CCO[C@@H](c3nncn3C)C2)o1. The molecule has 0 unspecified atom stereocenters. The van der Waals surface area contributed by atoms with Gasteiger partial charge in [-0.1, -0.05) is 6.92 Å². The Labute approximate surface area is 118 Å². The van der Waals surface area contributed by atoms with E-state index in [1.165, 1.54) is 0 Å². The third-order valence-corrected chi connectivity index (χ3v) is 3.63. The van der Waals surface area contributed by atoms with Crippen LogP contribution in [0.2, 0.25) is 0 Å². The number of aromatic nitrogens is 3. The lowest BCUT2D eigenvalue weighted by Crippen LogP contribution is -2.38. The van der Waals surface area contributed by atoms with E-state index in [1.807, 2.05) is 11.6 Å². The molecule has 6 nitrogen and oxygen atoms in total. The molecule has 0 aliphatic carbocycles. The predicted octanol–water partition coefficient (Wildman–Crippen LogP) is 1.54. The van der Waals surface area contributed by atoms with Gasteiger partial charge in [0.2, 0.25) is 0 Å². The molecule has 0 saturated carbocycles. The summed E-state index contributed by atoms with van der Waals surface area (Å²) in [5.74, 6) is 2.93. The van der Waals surface area contributed by atoms with Crippen molar-refractivity contribution >= 4 is 0 Å². The number of nitrogens with zero attached hydrogens (tertiary/aromatic N) is 4. The molecule has 0 amide bonds. The van der Waals surface area contributed by atoms with Crippen LogP contribution in [-0.2, 0) is 24.8 Å². The molecule has 6 heteroatoms. The predicted molar refractivity (Wildman–Crippen MR) is 73.1 cm³/mol. The van der Waals surface area contributed by atoms with Gasteiger partial charge in [-0.2, -0.15) is 0 Å². The van der Waals surface area contributed by atoms with Crippen LogP contribution < -0.4 is 0 Å². The van der Waals surface area contributed by atoms with Crippen molar-refractivity contribution in [1.82, 2.24) is 19.7 Å². The average molecular weight is 276 g/mol. The Morgan fingerprint density at radius 3 is 2.90 bits per heavy atom. The monoisotopic (exact) mass is 276 g/mol. The molecule has 1 aliphatic heterocycles. The van der Waals surface area contributed by atoms with Crippen LogP contribution in [0.15, 0.2) is 22.9 Å². The van der Waals surface area contributed by atoms with E-state index in [9.17, 15) is 0 Å². The van der Waals surface area contributed by atoms with Crippen molar-refractivity contribution in [2.75, 3.05) is 19.7 Å². The molecule has 0 aromatic carbocycles. The van der Waals surface area contributed by atoms with Gasteiger partial charge in [-0.25, -0.2) is 0 Å². The Morgan fingerprint density at radius 2 is 2.20 bits per heavy atom. The fourth-order valence-corrected chi connectivity index (χ4v) is 2.50. The van der Waals surface area contributed by atoms with E-state index in [0.29, 0.717) is 6.61 Å². The van der Waals surface area contributed by atoms with Crippen LogP contribution >= 0.6 is 0 Å². The highest BCUT2D eigenvalue weighted by molar-refractivity contribution is 5.07. The first kappa shape index (κ1) is 13.3. The van der Waals surface area contributed by atoms with E-state index in [4.69, 9.17) is 9.15 Å². The molecular formula is C14H20N4O2. The molecule has 1 saturated heterocycles. The van der Waals surface area contributed by atoms with Gasteiger partial charge in [-0.15, -0.1) is 10.2 Å². The molecule has 1 fully saturated rings. The number of morpholine rings is 1. The minimum absolute atomic E-state index is 0.0168. The summed E-state index contributed by atoms with van der Waals surface area (Å²) in [6.07, 6.45) is 2.62. The standard InChI is InChI=1S/C14H20N4O2/c1-3-11-4-5-12(20-11)8-18-6-7-19-13(9-18)14-16-15-10-17(14)2/h4-5,10,13H,3,6-9H2,1-2H3/t13-/m1/s1. The first-order valence-corrected chi connectivity index (χ1v) is 7.01. The van der Waals surface area contributed by atoms with Crippen LogP contribution in [0.4, 0.5) is 0 Å². The minimum Gasteiger partial charge on any atom is -0.465 e. The van der Waals surface area contributed by atoms with Gasteiger partial charge in [0.05, 0.1) is 13.2 Å². The van der Waals surface area contributed by atoms with E-state index in [-0.39, 0.29) is 6.10 Å². The summed E-state index contributed by atoms with van der Waals surface area (Å²) in [5, 5.41) is 8.05. The molecule has 3 rings (SSSR count). The Bertz CT molecular complexity index is 563. The van der Waals surface area contributed by atoms with E-state index in [1.54, 1.807) is 6.33 Å². The molecule has 0 N–H and O–H groups in total. The topological polar surface area (TPSA) is 56.3 Å². The Kier molecular flexibility index (Phi) is 3.84. The maximum Gasteiger partial charge on any atom is 0.163 e.